The van der Waals surface area contributed by atoms with Crippen molar-refractivity contribution in [2.24, 2.45) is 5.73 Å². The summed E-state index contributed by atoms with van der Waals surface area (Å²) < 4.78 is 0. The molecule has 0 radical (unpaired) electrons. The molecule has 1 aromatic rings. The smallest absolute Gasteiger partial charge is 0.225 e. The van der Waals surface area contributed by atoms with E-state index >= 15 is 0 Å². The number of hydrogen-bond acceptors (Lipinski definition) is 4. The van der Waals surface area contributed by atoms with Crippen LogP contribution in [0.1, 0.15) is 13.3 Å². The molecule has 1 rings (SSSR count). The lowest BCUT2D eigenvalue weighted by Gasteiger charge is -2.24. The molecule has 0 amide bonds. The van der Waals surface area contributed by atoms with Crippen molar-refractivity contribution in [2.75, 3.05) is 11.9 Å². The van der Waals surface area contributed by atoms with Crippen molar-refractivity contribution in [2.45, 2.75) is 19.4 Å². The van der Waals surface area contributed by atoms with Gasteiger partial charge in [0.1, 0.15) is 0 Å². The largest absolute Gasteiger partial charge is 0.393 e. The molecule has 0 aliphatic carbocycles. The van der Waals surface area contributed by atoms with Crippen LogP contribution in [0.3, 0.4) is 0 Å². The molecule has 0 spiro atoms. The molecule has 0 fully saturated rings. The molecule has 0 saturated heterocycles. The first kappa shape index (κ1) is 12.1. The van der Waals surface area contributed by atoms with Gasteiger partial charge in [-0.05, 0) is 6.92 Å². The molecule has 0 aliphatic rings. The van der Waals surface area contributed by atoms with Crippen LogP contribution in [0.2, 0.25) is 5.02 Å². The molecule has 0 aromatic carbocycles. The lowest BCUT2D eigenvalue weighted by atomic mass is 10.2. The molecular weight excluding hydrogens is 232 g/mol. The van der Waals surface area contributed by atoms with Crippen molar-refractivity contribution in [3.8, 4) is 0 Å². The van der Waals surface area contributed by atoms with Gasteiger partial charge in [-0.1, -0.05) is 23.8 Å². The van der Waals surface area contributed by atoms with Gasteiger partial charge in [-0.15, -0.1) is 0 Å². The van der Waals surface area contributed by atoms with Gasteiger partial charge in [0.2, 0.25) is 5.95 Å². The van der Waals surface area contributed by atoms with Gasteiger partial charge in [-0.3, -0.25) is 0 Å². The summed E-state index contributed by atoms with van der Waals surface area (Å²) >= 11 is 10.5. The highest BCUT2D eigenvalue weighted by molar-refractivity contribution is 7.80. The number of aromatic nitrogens is 2. The second kappa shape index (κ2) is 5.23. The summed E-state index contributed by atoms with van der Waals surface area (Å²) in [4.78, 5) is 10.6. The average molecular weight is 245 g/mol. The van der Waals surface area contributed by atoms with E-state index in [0.29, 0.717) is 22.4 Å². The zero-order valence-electron chi connectivity index (χ0n) is 8.64. The minimum Gasteiger partial charge on any atom is -0.393 e. The van der Waals surface area contributed by atoms with Gasteiger partial charge in [-0.25, -0.2) is 9.97 Å². The third-order valence-electron chi connectivity index (χ3n) is 2.08. The summed E-state index contributed by atoms with van der Waals surface area (Å²) in [6, 6.07) is 0.170. The van der Waals surface area contributed by atoms with Crippen LogP contribution in [0, 0.1) is 0 Å². The Morgan fingerprint density at radius 3 is 2.60 bits per heavy atom. The lowest BCUT2D eigenvalue weighted by Crippen LogP contribution is -2.33. The number of hydrogen-bond donors (Lipinski definition) is 1. The maximum atomic E-state index is 5.70. The number of rotatable bonds is 4. The Balaban J connectivity index is 2.71. The van der Waals surface area contributed by atoms with E-state index in [1.165, 1.54) is 0 Å². The van der Waals surface area contributed by atoms with Crippen molar-refractivity contribution >= 4 is 34.8 Å². The minimum atomic E-state index is 0.170. The highest BCUT2D eigenvalue weighted by atomic mass is 35.5. The molecule has 0 aliphatic heterocycles. The maximum Gasteiger partial charge on any atom is 0.225 e. The second-order valence-corrected chi connectivity index (χ2v) is 4.29. The third-order valence-corrected chi connectivity index (χ3v) is 2.44. The zero-order chi connectivity index (χ0) is 11.4. The van der Waals surface area contributed by atoms with Crippen LogP contribution in [0.25, 0.3) is 0 Å². The van der Waals surface area contributed by atoms with E-state index < -0.39 is 0 Å². The van der Waals surface area contributed by atoms with E-state index in [-0.39, 0.29) is 6.04 Å². The monoisotopic (exact) mass is 244 g/mol. The Bertz CT molecular complexity index is 340. The van der Waals surface area contributed by atoms with Gasteiger partial charge >= 0.3 is 0 Å². The van der Waals surface area contributed by atoms with Crippen LogP contribution >= 0.6 is 23.8 Å². The molecule has 6 heteroatoms. The summed E-state index contributed by atoms with van der Waals surface area (Å²) in [5.74, 6) is 0.614. The normalized spacial score (nSPS) is 12.2. The quantitative estimate of drug-likeness (QED) is 0.816. The lowest BCUT2D eigenvalue weighted by molar-refractivity contribution is 0.694. The molecule has 1 unspecified atom stereocenters. The third kappa shape index (κ3) is 3.60. The van der Waals surface area contributed by atoms with Crippen LogP contribution in [-0.4, -0.2) is 28.0 Å². The van der Waals surface area contributed by atoms with Gasteiger partial charge in [0.25, 0.3) is 0 Å². The Morgan fingerprint density at radius 2 is 2.13 bits per heavy atom. The molecule has 4 nitrogen and oxygen atoms in total. The van der Waals surface area contributed by atoms with Crippen molar-refractivity contribution in [1.82, 2.24) is 9.97 Å². The van der Waals surface area contributed by atoms with Crippen LogP contribution in [0.5, 0.6) is 0 Å². The molecular formula is C9H13ClN4S. The fourth-order valence-electron chi connectivity index (χ4n) is 1.11. The number of nitrogens with two attached hydrogens (primary N) is 1. The molecule has 0 bridgehead atoms. The molecule has 1 aromatic heterocycles. The fourth-order valence-corrected chi connectivity index (χ4v) is 1.45. The fraction of sp³-hybridized carbons (Fsp3) is 0.444. The number of thiocarbonyl (C=S) groups is 1. The predicted molar refractivity (Wildman–Crippen MR) is 66.3 cm³/mol. The summed E-state index contributed by atoms with van der Waals surface area (Å²) in [6.07, 6.45) is 3.76. The van der Waals surface area contributed by atoms with Gasteiger partial charge < -0.3 is 10.6 Å². The van der Waals surface area contributed by atoms with E-state index in [2.05, 4.69) is 9.97 Å². The maximum absolute atomic E-state index is 5.70. The Morgan fingerprint density at radius 1 is 1.60 bits per heavy atom. The molecule has 82 valence electrons. The first-order chi connectivity index (χ1) is 7.00. The standard InChI is InChI=1S/C9H13ClN4S/c1-6(3-8(11)15)14(2)9-12-4-7(10)5-13-9/h4-6H,3H2,1-2H3,(H2,11,15). The highest BCUT2D eigenvalue weighted by Crippen LogP contribution is 2.12. The molecule has 2 N–H and O–H groups in total. The average Bonchev–Trinajstić information content (AvgIpc) is 2.17. The second-order valence-electron chi connectivity index (χ2n) is 3.33. The van der Waals surface area contributed by atoms with E-state index in [9.17, 15) is 0 Å². The van der Waals surface area contributed by atoms with Crippen LogP contribution < -0.4 is 10.6 Å². The van der Waals surface area contributed by atoms with Crippen LogP contribution in [0.15, 0.2) is 12.4 Å². The topological polar surface area (TPSA) is 55.0 Å². The summed E-state index contributed by atoms with van der Waals surface area (Å²) in [5, 5.41) is 0.522. The SMILES string of the molecule is CC(CC(N)=S)N(C)c1ncc(Cl)cn1. The summed E-state index contributed by atoms with van der Waals surface area (Å²) in [5.41, 5.74) is 5.48. The Kier molecular flexibility index (Phi) is 4.23. The van der Waals surface area contributed by atoms with E-state index in [4.69, 9.17) is 29.6 Å². The molecule has 15 heavy (non-hydrogen) atoms. The Hall–Kier alpha value is -0.940. The first-order valence-electron chi connectivity index (χ1n) is 4.49. The van der Waals surface area contributed by atoms with Gasteiger partial charge in [0, 0.05) is 19.5 Å². The number of anilines is 1. The zero-order valence-corrected chi connectivity index (χ0v) is 10.2. The van der Waals surface area contributed by atoms with Crippen LogP contribution in [0.4, 0.5) is 5.95 Å². The van der Waals surface area contributed by atoms with Gasteiger partial charge in [0.15, 0.2) is 0 Å². The number of halogens is 1. The van der Waals surface area contributed by atoms with Gasteiger partial charge in [0.05, 0.1) is 22.4 Å². The van der Waals surface area contributed by atoms with Crippen molar-refractivity contribution < 1.29 is 0 Å². The molecule has 1 heterocycles. The van der Waals surface area contributed by atoms with E-state index in [0.717, 1.165) is 0 Å². The molecule has 0 saturated carbocycles. The minimum absolute atomic E-state index is 0.170. The van der Waals surface area contributed by atoms with Crippen molar-refractivity contribution in [3.05, 3.63) is 17.4 Å². The summed E-state index contributed by atoms with van der Waals surface area (Å²) in [7, 11) is 1.90. The van der Waals surface area contributed by atoms with Crippen LogP contribution in [-0.2, 0) is 0 Å². The summed E-state index contributed by atoms with van der Waals surface area (Å²) in [6.45, 7) is 2.01. The van der Waals surface area contributed by atoms with E-state index in [1.807, 2.05) is 18.9 Å². The van der Waals surface area contributed by atoms with Gasteiger partial charge in [-0.2, -0.15) is 0 Å². The van der Waals surface area contributed by atoms with E-state index in [1.54, 1.807) is 12.4 Å². The predicted octanol–water partition coefficient (Wildman–Crippen LogP) is 1.63. The number of nitrogens with zero attached hydrogens (tertiary/aromatic N) is 3. The first-order valence-corrected chi connectivity index (χ1v) is 5.28. The van der Waals surface area contributed by atoms with Crippen molar-refractivity contribution in [1.29, 1.82) is 0 Å². The van der Waals surface area contributed by atoms with Crippen molar-refractivity contribution in [3.63, 3.8) is 0 Å². The molecule has 1 atom stereocenters. The Labute approximate surface area is 99.5 Å². The highest BCUT2D eigenvalue weighted by Gasteiger charge is 2.12.